The maximum absolute atomic E-state index is 11.3. The average Bonchev–Trinajstić information content (AvgIpc) is 2.36. The summed E-state index contributed by atoms with van der Waals surface area (Å²) in [5.41, 5.74) is 1.82. The number of hydrogen-bond donors (Lipinski definition) is 0. The van der Waals surface area contributed by atoms with Crippen LogP contribution in [0.3, 0.4) is 0 Å². The van der Waals surface area contributed by atoms with Crippen LogP contribution in [0.2, 0.25) is 0 Å². The van der Waals surface area contributed by atoms with E-state index in [-0.39, 0.29) is 6.61 Å². The van der Waals surface area contributed by atoms with Gasteiger partial charge in [0, 0.05) is 0 Å². The summed E-state index contributed by atoms with van der Waals surface area (Å²) in [4.78, 5) is 11.3. The highest BCUT2D eigenvalue weighted by Gasteiger charge is 2.09. The molecule has 1 rings (SSSR count). The number of esters is 1. The van der Waals surface area contributed by atoms with Gasteiger partial charge in [0.05, 0.1) is 25.5 Å². The maximum atomic E-state index is 11.3. The van der Waals surface area contributed by atoms with E-state index in [1.54, 1.807) is 25.1 Å². The van der Waals surface area contributed by atoms with Gasteiger partial charge < -0.3 is 4.74 Å². The normalized spacial score (nSPS) is 10.4. The molecule has 108 valence electrons. The predicted molar refractivity (Wildman–Crippen MR) is 73.5 cm³/mol. The van der Waals surface area contributed by atoms with E-state index in [0.717, 1.165) is 11.8 Å². The minimum atomic E-state index is -3.49. The van der Waals surface area contributed by atoms with Crippen molar-refractivity contribution >= 4 is 16.1 Å². The summed E-state index contributed by atoms with van der Waals surface area (Å²) >= 11 is 0. The number of ether oxygens (including phenoxy) is 1. The molecule has 0 aliphatic heterocycles. The van der Waals surface area contributed by atoms with Crippen LogP contribution >= 0.6 is 0 Å². The minimum Gasteiger partial charge on any atom is -0.465 e. The number of hydrogen-bond acceptors (Lipinski definition) is 5. The molecule has 0 N–H and O–H groups in total. The Bertz CT molecular complexity index is 520. The Morgan fingerprint density at radius 1 is 1.21 bits per heavy atom. The molecule has 0 saturated carbocycles. The van der Waals surface area contributed by atoms with Crippen molar-refractivity contribution in [2.75, 3.05) is 13.4 Å². The van der Waals surface area contributed by atoms with Gasteiger partial charge in [-0.15, -0.1) is 0 Å². The lowest BCUT2D eigenvalue weighted by Gasteiger charge is -2.06. The lowest BCUT2D eigenvalue weighted by molar-refractivity contribution is 0.0600. The van der Waals surface area contributed by atoms with Gasteiger partial charge in [-0.2, -0.15) is 8.42 Å². The van der Waals surface area contributed by atoms with Crippen molar-refractivity contribution in [1.82, 2.24) is 0 Å². The zero-order chi connectivity index (χ0) is 15.1. The van der Waals surface area contributed by atoms with Crippen LogP contribution in [0.15, 0.2) is 18.2 Å². The lowest BCUT2D eigenvalue weighted by Crippen LogP contribution is -2.06. The molecule has 0 radical (unpaired) electrons. The summed E-state index contributed by atoms with van der Waals surface area (Å²) < 4.78 is 31.0. The fourth-order valence-corrected chi connectivity index (χ4v) is 1.71. The Morgan fingerprint density at radius 3 is 2.26 bits per heavy atom. The number of rotatable bonds is 4. The SMILES string of the molecule is CC.COC(=O)c1cc(C)cc(COS(C)(=O)=O)c1. The van der Waals surface area contributed by atoms with E-state index in [1.165, 1.54) is 7.11 Å². The Hall–Kier alpha value is -1.40. The summed E-state index contributed by atoms with van der Waals surface area (Å²) in [6.07, 6.45) is 0.976. The van der Waals surface area contributed by atoms with Gasteiger partial charge in [0.15, 0.2) is 0 Å². The fraction of sp³-hybridized carbons (Fsp3) is 0.462. The van der Waals surface area contributed by atoms with E-state index in [1.807, 2.05) is 13.8 Å². The highest BCUT2D eigenvalue weighted by atomic mass is 32.2. The van der Waals surface area contributed by atoms with Crippen LogP contribution in [0.1, 0.15) is 35.3 Å². The zero-order valence-corrected chi connectivity index (χ0v) is 12.7. The van der Waals surface area contributed by atoms with Crippen molar-refractivity contribution < 1.29 is 22.1 Å². The largest absolute Gasteiger partial charge is 0.465 e. The van der Waals surface area contributed by atoms with Crippen LogP contribution in [-0.2, 0) is 25.6 Å². The first-order valence-corrected chi connectivity index (χ1v) is 7.67. The van der Waals surface area contributed by atoms with E-state index in [9.17, 15) is 13.2 Å². The summed E-state index contributed by atoms with van der Waals surface area (Å²) in [6, 6.07) is 4.96. The van der Waals surface area contributed by atoms with Gasteiger partial charge in [0.1, 0.15) is 0 Å². The number of carbonyl (C=O) groups is 1. The smallest absolute Gasteiger partial charge is 0.337 e. The van der Waals surface area contributed by atoms with E-state index in [2.05, 4.69) is 8.92 Å². The molecule has 0 heterocycles. The quantitative estimate of drug-likeness (QED) is 0.628. The van der Waals surface area contributed by atoms with Crippen LogP contribution in [0.5, 0.6) is 0 Å². The molecule has 0 amide bonds. The van der Waals surface area contributed by atoms with E-state index < -0.39 is 16.1 Å². The van der Waals surface area contributed by atoms with Gasteiger partial charge >= 0.3 is 5.97 Å². The monoisotopic (exact) mass is 288 g/mol. The van der Waals surface area contributed by atoms with Crippen LogP contribution < -0.4 is 0 Å². The molecule has 0 atom stereocenters. The summed E-state index contributed by atoms with van der Waals surface area (Å²) in [6.45, 7) is 5.71. The van der Waals surface area contributed by atoms with Gasteiger partial charge in [-0.3, -0.25) is 4.18 Å². The Balaban J connectivity index is 0.00000154. The highest BCUT2D eigenvalue weighted by molar-refractivity contribution is 7.85. The van der Waals surface area contributed by atoms with E-state index >= 15 is 0 Å². The topological polar surface area (TPSA) is 69.7 Å². The summed E-state index contributed by atoms with van der Waals surface area (Å²) in [5, 5.41) is 0. The average molecular weight is 288 g/mol. The molecule has 0 aliphatic carbocycles. The molecule has 0 saturated heterocycles. The van der Waals surface area contributed by atoms with Crippen molar-refractivity contribution in [2.45, 2.75) is 27.4 Å². The lowest BCUT2D eigenvalue weighted by atomic mass is 10.1. The summed E-state index contributed by atoms with van der Waals surface area (Å²) in [7, 11) is -2.20. The first-order chi connectivity index (χ1) is 8.81. The standard InChI is InChI=1S/C11H14O5S.C2H6/c1-8-4-9(7-16-17(3,13)14)6-10(5-8)11(12)15-2;1-2/h4-6H,7H2,1-3H3;1-2H3. The zero-order valence-electron chi connectivity index (χ0n) is 11.9. The number of carbonyl (C=O) groups excluding carboxylic acids is 1. The molecule has 1 aromatic rings. The number of benzene rings is 1. The number of methoxy groups -OCH3 is 1. The predicted octanol–water partition coefficient (Wildman–Crippen LogP) is 2.28. The second-order valence-electron chi connectivity index (χ2n) is 3.67. The van der Waals surface area contributed by atoms with Crippen LogP contribution in [0.25, 0.3) is 0 Å². The Labute approximate surface area is 114 Å². The van der Waals surface area contributed by atoms with Gasteiger partial charge in [0.25, 0.3) is 10.1 Å². The molecule has 0 spiro atoms. The first kappa shape index (κ1) is 17.6. The van der Waals surface area contributed by atoms with E-state index in [0.29, 0.717) is 11.1 Å². The third-order valence-electron chi connectivity index (χ3n) is 2.00. The second-order valence-corrected chi connectivity index (χ2v) is 5.31. The van der Waals surface area contributed by atoms with Crippen molar-refractivity contribution in [1.29, 1.82) is 0 Å². The molecule has 19 heavy (non-hydrogen) atoms. The molecular weight excluding hydrogens is 268 g/mol. The fourth-order valence-electron chi connectivity index (χ4n) is 1.36. The Kier molecular flexibility index (Phi) is 7.33. The van der Waals surface area contributed by atoms with Crippen LogP contribution in [0.4, 0.5) is 0 Å². The van der Waals surface area contributed by atoms with Crippen LogP contribution in [0, 0.1) is 6.92 Å². The Morgan fingerprint density at radius 2 is 1.79 bits per heavy atom. The third kappa shape index (κ3) is 6.93. The molecule has 0 bridgehead atoms. The second kappa shape index (κ2) is 7.91. The molecule has 0 unspecified atom stereocenters. The summed E-state index contributed by atoms with van der Waals surface area (Å²) in [5.74, 6) is -0.464. The van der Waals surface area contributed by atoms with E-state index in [4.69, 9.17) is 0 Å². The first-order valence-electron chi connectivity index (χ1n) is 5.85. The molecule has 6 heteroatoms. The third-order valence-corrected chi connectivity index (χ3v) is 2.54. The van der Waals surface area contributed by atoms with Gasteiger partial charge in [-0.1, -0.05) is 19.9 Å². The van der Waals surface area contributed by atoms with Gasteiger partial charge in [-0.05, 0) is 30.2 Å². The van der Waals surface area contributed by atoms with Crippen molar-refractivity contribution in [3.8, 4) is 0 Å². The van der Waals surface area contributed by atoms with Crippen molar-refractivity contribution in [3.63, 3.8) is 0 Å². The van der Waals surface area contributed by atoms with Crippen molar-refractivity contribution in [3.05, 3.63) is 34.9 Å². The van der Waals surface area contributed by atoms with Gasteiger partial charge in [-0.25, -0.2) is 4.79 Å². The minimum absolute atomic E-state index is 0.0928. The molecular formula is C13H20O5S. The molecule has 0 fully saturated rings. The van der Waals surface area contributed by atoms with Gasteiger partial charge in [0.2, 0.25) is 0 Å². The van der Waals surface area contributed by atoms with Crippen LogP contribution in [-0.4, -0.2) is 27.8 Å². The highest BCUT2D eigenvalue weighted by Crippen LogP contribution is 2.12. The molecule has 5 nitrogen and oxygen atoms in total. The molecule has 1 aromatic carbocycles. The molecule has 0 aliphatic rings. The number of aryl methyl sites for hydroxylation is 1. The van der Waals surface area contributed by atoms with Crippen molar-refractivity contribution in [2.24, 2.45) is 0 Å². The molecule has 0 aromatic heterocycles. The maximum Gasteiger partial charge on any atom is 0.337 e.